The zero-order valence-corrected chi connectivity index (χ0v) is 5.70. The largest absolute Gasteiger partial charge is 0.375 e. The van der Waals surface area contributed by atoms with E-state index in [0.717, 1.165) is 0 Å². The maximum absolute atomic E-state index is 10.8. The molecule has 1 fully saturated rings. The van der Waals surface area contributed by atoms with E-state index >= 15 is 0 Å². The summed E-state index contributed by atoms with van der Waals surface area (Å²) in [4.78, 5) is 12.3. The van der Waals surface area contributed by atoms with Gasteiger partial charge in [-0.25, -0.2) is 0 Å². The molecule has 0 bridgehead atoms. The summed E-state index contributed by atoms with van der Waals surface area (Å²) in [7, 11) is 1.46. The monoisotopic (exact) mass is 140 g/mol. The summed E-state index contributed by atoms with van der Waals surface area (Å²) in [6.45, 7) is 0.650. The van der Waals surface area contributed by atoms with Gasteiger partial charge < -0.3 is 9.64 Å². The lowest BCUT2D eigenvalue weighted by Gasteiger charge is -1.97. The first-order valence-corrected chi connectivity index (χ1v) is 2.97. The molecule has 0 aromatic carbocycles. The third-order valence-corrected chi connectivity index (χ3v) is 1.35. The van der Waals surface area contributed by atoms with Crippen molar-refractivity contribution in [1.82, 2.24) is 4.90 Å². The molecule has 4 nitrogen and oxygen atoms in total. The number of ether oxygens (including phenoxy) is 1. The first kappa shape index (κ1) is 7.03. The number of hydrogen-bond donors (Lipinski definition) is 0. The van der Waals surface area contributed by atoms with Crippen LogP contribution in [0.3, 0.4) is 0 Å². The van der Waals surface area contributed by atoms with Crippen LogP contribution in [0.1, 0.15) is 0 Å². The summed E-state index contributed by atoms with van der Waals surface area (Å²) in [5.41, 5.74) is 0. The lowest BCUT2D eigenvalue weighted by molar-refractivity contribution is -0.129. The van der Waals surface area contributed by atoms with Gasteiger partial charge in [-0.15, -0.1) is 0 Å². The molecule has 0 saturated carbocycles. The van der Waals surface area contributed by atoms with E-state index in [9.17, 15) is 4.79 Å². The minimum atomic E-state index is -0.192. The number of hydrogen-bond acceptors (Lipinski definition) is 3. The van der Waals surface area contributed by atoms with Gasteiger partial charge in [0.1, 0.15) is 12.6 Å². The van der Waals surface area contributed by atoms with Gasteiger partial charge in [0.15, 0.2) is 0 Å². The van der Waals surface area contributed by atoms with Gasteiger partial charge in [0.05, 0.1) is 12.6 Å². The number of carbonyl (C=O) groups excluding carboxylic acids is 1. The molecule has 1 aliphatic rings. The first-order chi connectivity index (χ1) is 4.79. The highest BCUT2D eigenvalue weighted by Gasteiger charge is 2.37. The molecule has 0 radical (unpaired) electrons. The van der Waals surface area contributed by atoms with Crippen LogP contribution in [0, 0.1) is 11.3 Å². The zero-order valence-electron chi connectivity index (χ0n) is 5.70. The van der Waals surface area contributed by atoms with E-state index in [1.54, 1.807) is 0 Å². The highest BCUT2D eigenvalue weighted by atomic mass is 16.5. The van der Waals surface area contributed by atoms with Crippen molar-refractivity contribution in [2.75, 3.05) is 20.3 Å². The van der Waals surface area contributed by atoms with Crippen LogP contribution in [0.4, 0.5) is 0 Å². The van der Waals surface area contributed by atoms with Gasteiger partial charge in [0, 0.05) is 7.11 Å². The lowest BCUT2D eigenvalue weighted by Crippen LogP contribution is -2.18. The molecule has 0 aromatic rings. The van der Waals surface area contributed by atoms with Gasteiger partial charge in [-0.1, -0.05) is 0 Å². The predicted octanol–water partition coefficient (Wildman–Crippen LogP) is -0.633. The predicted molar refractivity (Wildman–Crippen MR) is 33.0 cm³/mol. The topological polar surface area (TPSA) is 53.1 Å². The van der Waals surface area contributed by atoms with E-state index in [2.05, 4.69) is 4.74 Å². The highest BCUT2D eigenvalue weighted by molar-refractivity contribution is 5.80. The van der Waals surface area contributed by atoms with Crippen LogP contribution in [0.5, 0.6) is 0 Å². The third kappa shape index (κ3) is 1.25. The fraction of sp³-hybridized carbons (Fsp3) is 0.667. The van der Waals surface area contributed by atoms with E-state index in [0.29, 0.717) is 6.54 Å². The Balaban J connectivity index is 2.27. The molecule has 0 spiro atoms. The number of nitriles is 1. The van der Waals surface area contributed by atoms with E-state index in [1.807, 2.05) is 6.07 Å². The molecule has 1 rings (SSSR count). The van der Waals surface area contributed by atoms with Crippen molar-refractivity contribution in [1.29, 1.82) is 5.26 Å². The van der Waals surface area contributed by atoms with Gasteiger partial charge in [-0.05, 0) is 0 Å². The van der Waals surface area contributed by atoms with Gasteiger partial charge in [0.2, 0.25) is 5.91 Å². The van der Waals surface area contributed by atoms with Gasteiger partial charge in [-0.2, -0.15) is 5.26 Å². The Bertz CT molecular complexity index is 185. The Morgan fingerprint density at radius 1 is 2.00 bits per heavy atom. The van der Waals surface area contributed by atoms with Crippen molar-refractivity contribution in [3.05, 3.63) is 0 Å². The number of nitrogens with zero attached hydrogens (tertiary/aromatic N) is 2. The summed E-state index contributed by atoms with van der Waals surface area (Å²) < 4.78 is 4.60. The normalized spacial score (nSPS) is 22.0. The fourth-order valence-electron chi connectivity index (χ4n) is 0.732. The Hall–Kier alpha value is -1.08. The number of rotatable bonds is 2. The highest BCUT2D eigenvalue weighted by Crippen LogP contribution is 2.15. The Morgan fingerprint density at radius 2 is 2.70 bits per heavy atom. The number of carbonyl (C=O) groups is 1. The molecule has 1 aliphatic heterocycles. The van der Waals surface area contributed by atoms with Crippen molar-refractivity contribution >= 4 is 5.91 Å². The number of amides is 1. The van der Waals surface area contributed by atoms with Crippen molar-refractivity contribution in [3.63, 3.8) is 0 Å². The van der Waals surface area contributed by atoms with Crippen molar-refractivity contribution in [2.45, 2.75) is 6.04 Å². The molecule has 1 heterocycles. The van der Waals surface area contributed by atoms with Gasteiger partial charge in [-0.3, -0.25) is 4.79 Å². The van der Waals surface area contributed by atoms with E-state index < -0.39 is 0 Å². The summed E-state index contributed by atoms with van der Waals surface area (Å²) >= 11 is 0. The summed E-state index contributed by atoms with van der Waals surface area (Å²) in [5, 5.41) is 8.31. The quantitative estimate of drug-likeness (QED) is 0.480. The van der Waals surface area contributed by atoms with Gasteiger partial charge >= 0.3 is 0 Å². The zero-order chi connectivity index (χ0) is 7.56. The smallest absolute Gasteiger partial charge is 0.249 e. The second kappa shape index (κ2) is 2.67. The molecule has 0 aromatic heterocycles. The van der Waals surface area contributed by atoms with Crippen molar-refractivity contribution in [3.8, 4) is 6.07 Å². The van der Waals surface area contributed by atoms with Crippen LogP contribution >= 0.6 is 0 Å². The van der Waals surface area contributed by atoms with Crippen LogP contribution in [-0.2, 0) is 9.53 Å². The maximum Gasteiger partial charge on any atom is 0.249 e. The third-order valence-electron chi connectivity index (χ3n) is 1.35. The second-order valence-electron chi connectivity index (χ2n) is 2.12. The van der Waals surface area contributed by atoms with E-state index in [1.165, 1.54) is 12.0 Å². The van der Waals surface area contributed by atoms with Crippen LogP contribution in [-0.4, -0.2) is 37.1 Å². The standard InChI is InChI=1S/C6H8N2O2/c1-10-4-6(9)8-3-5(8)2-7/h5H,3-4H2,1H3. The van der Waals surface area contributed by atoms with Crippen LogP contribution < -0.4 is 0 Å². The molecule has 1 saturated heterocycles. The molecule has 1 unspecified atom stereocenters. The molecular weight excluding hydrogens is 132 g/mol. The average Bonchev–Trinajstić information content (AvgIpc) is 2.66. The summed E-state index contributed by atoms with van der Waals surface area (Å²) in [6, 6.07) is 1.79. The molecule has 0 N–H and O–H groups in total. The Labute approximate surface area is 59.0 Å². The molecule has 1 amide bonds. The van der Waals surface area contributed by atoms with Gasteiger partial charge in [0.25, 0.3) is 0 Å². The minimum Gasteiger partial charge on any atom is -0.375 e. The van der Waals surface area contributed by atoms with Crippen LogP contribution in [0.2, 0.25) is 0 Å². The number of methoxy groups -OCH3 is 1. The molecule has 10 heavy (non-hydrogen) atoms. The summed E-state index contributed by atoms with van der Waals surface area (Å²) in [5.74, 6) is -0.103. The Kier molecular flexibility index (Phi) is 1.88. The molecule has 54 valence electrons. The Morgan fingerprint density at radius 3 is 3.10 bits per heavy atom. The summed E-state index contributed by atoms with van der Waals surface area (Å²) in [6.07, 6.45) is 0. The molecule has 1 atom stereocenters. The van der Waals surface area contributed by atoms with E-state index in [4.69, 9.17) is 5.26 Å². The van der Waals surface area contributed by atoms with Crippen molar-refractivity contribution in [2.24, 2.45) is 0 Å². The van der Waals surface area contributed by atoms with E-state index in [-0.39, 0.29) is 18.6 Å². The lowest BCUT2D eigenvalue weighted by atomic mass is 10.5. The average molecular weight is 140 g/mol. The van der Waals surface area contributed by atoms with Crippen molar-refractivity contribution < 1.29 is 9.53 Å². The molecule has 4 heteroatoms. The van der Waals surface area contributed by atoms with Crippen LogP contribution in [0.15, 0.2) is 0 Å². The minimum absolute atomic E-state index is 0.0815. The molecule has 0 aliphatic carbocycles. The maximum atomic E-state index is 10.8. The second-order valence-corrected chi connectivity index (χ2v) is 2.12. The molecular formula is C6H8N2O2. The fourth-order valence-corrected chi connectivity index (χ4v) is 0.732. The first-order valence-electron chi connectivity index (χ1n) is 2.97. The van der Waals surface area contributed by atoms with Crippen LogP contribution in [0.25, 0.3) is 0 Å². The SMILES string of the molecule is COCC(=O)N1CC1C#N.